The number of ether oxygens (including phenoxy) is 1. The van der Waals surface area contributed by atoms with Crippen molar-refractivity contribution in [2.24, 2.45) is 4.99 Å². The Morgan fingerprint density at radius 2 is 2.04 bits per heavy atom. The Balaban J connectivity index is 1.77. The molecule has 0 aliphatic carbocycles. The van der Waals surface area contributed by atoms with Crippen LogP contribution in [0.5, 0.6) is 5.75 Å². The van der Waals surface area contributed by atoms with Gasteiger partial charge in [0.25, 0.3) is 0 Å². The number of benzene rings is 1. The summed E-state index contributed by atoms with van der Waals surface area (Å²) in [6, 6.07) is 6.37. The third-order valence-corrected chi connectivity index (χ3v) is 3.88. The minimum absolute atomic E-state index is 0.239. The Labute approximate surface area is 165 Å². The van der Waals surface area contributed by atoms with Gasteiger partial charge in [-0.3, -0.25) is 0 Å². The van der Waals surface area contributed by atoms with Crippen LogP contribution in [0.15, 0.2) is 33.8 Å². The molecule has 1 aromatic heterocycles. The van der Waals surface area contributed by atoms with Gasteiger partial charge < -0.3 is 19.9 Å². The number of aryl methyl sites for hydroxylation is 1. The first-order chi connectivity index (χ1) is 13.5. The van der Waals surface area contributed by atoms with E-state index in [0.29, 0.717) is 31.4 Å². The molecular weight excluding hydrogens is 361 g/mol. The minimum Gasteiger partial charge on any atom is -0.486 e. The first-order valence-electron chi connectivity index (χ1n) is 9.75. The minimum atomic E-state index is -0.370. The summed E-state index contributed by atoms with van der Waals surface area (Å²) in [6.45, 7) is 9.80. The average Bonchev–Trinajstić information content (AvgIpc) is 3.14. The van der Waals surface area contributed by atoms with Crippen LogP contribution in [0.2, 0.25) is 0 Å². The first kappa shape index (κ1) is 21.7. The second-order valence-corrected chi connectivity index (χ2v) is 6.81. The molecule has 1 heterocycles. The van der Waals surface area contributed by atoms with E-state index in [-0.39, 0.29) is 23.6 Å². The van der Waals surface area contributed by atoms with Crippen LogP contribution in [0.1, 0.15) is 51.7 Å². The Morgan fingerprint density at radius 3 is 2.71 bits per heavy atom. The number of rotatable bonds is 10. The number of guanidine groups is 1. The molecule has 0 saturated heterocycles. The fourth-order valence-electron chi connectivity index (χ4n) is 2.41. The predicted octanol–water partition coefficient (Wildman–Crippen LogP) is 3.29. The van der Waals surface area contributed by atoms with Gasteiger partial charge in [0.05, 0.1) is 6.54 Å². The second-order valence-electron chi connectivity index (χ2n) is 6.81. The van der Waals surface area contributed by atoms with E-state index >= 15 is 0 Å². The molecule has 8 heteroatoms. The van der Waals surface area contributed by atoms with E-state index < -0.39 is 0 Å². The van der Waals surface area contributed by atoms with E-state index in [2.05, 4.69) is 25.8 Å². The van der Waals surface area contributed by atoms with Crippen molar-refractivity contribution in [2.75, 3.05) is 19.6 Å². The van der Waals surface area contributed by atoms with Gasteiger partial charge in [0.15, 0.2) is 23.4 Å². The lowest BCUT2D eigenvalue weighted by molar-refractivity contribution is 0.220. The number of aliphatic imine (C=N–C) groups is 1. The normalized spacial score (nSPS) is 12.9. The molecule has 0 saturated carbocycles. The summed E-state index contributed by atoms with van der Waals surface area (Å²) in [5, 5.41) is 10.4. The van der Waals surface area contributed by atoms with Crippen LogP contribution in [-0.4, -0.2) is 41.8 Å². The number of para-hydroxylation sites is 1. The summed E-state index contributed by atoms with van der Waals surface area (Å²) in [4.78, 5) is 8.88. The third kappa shape index (κ3) is 7.17. The van der Waals surface area contributed by atoms with Crippen molar-refractivity contribution in [1.82, 2.24) is 20.8 Å². The molecule has 1 unspecified atom stereocenters. The van der Waals surface area contributed by atoms with E-state index in [1.807, 2.05) is 27.7 Å². The maximum atomic E-state index is 13.7. The molecule has 2 rings (SSSR count). The molecule has 1 aromatic carbocycles. The van der Waals surface area contributed by atoms with Crippen molar-refractivity contribution < 1.29 is 13.7 Å². The summed E-state index contributed by atoms with van der Waals surface area (Å²) in [5.41, 5.74) is 0. The molecule has 28 heavy (non-hydrogen) atoms. The molecule has 1 atom stereocenters. The maximum Gasteiger partial charge on any atom is 0.226 e. The molecule has 0 amide bonds. The topological polar surface area (TPSA) is 84.6 Å². The van der Waals surface area contributed by atoms with Gasteiger partial charge in [0.1, 0.15) is 6.10 Å². The van der Waals surface area contributed by atoms with Crippen molar-refractivity contribution in [1.29, 1.82) is 0 Å². The maximum absolute atomic E-state index is 13.7. The Bertz CT molecular complexity index is 748. The standard InChI is InChI=1S/C20H30FN5O2/c1-5-22-20(23-12-8-11-18-25-19(14(2)3)26-28-18)24-13-15(4)27-17-10-7-6-9-16(17)21/h6-7,9-10,14-15H,5,8,11-13H2,1-4H3,(H2,22,23,24). The fraction of sp³-hybridized carbons (Fsp3) is 0.550. The van der Waals surface area contributed by atoms with E-state index in [1.54, 1.807) is 18.2 Å². The van der Waals surface area contributed by atoms with E-state index in [0.717, 1.165) is 18.8 Å². The van der Waals surface area contributed by atoms with Crippen LogP contribution in [0.4, 0.5) is 4.39 Å². The monoisotopic (exact) mass is 391 g/mol. The van der Waals surface area contributed by atoms with Crippen LogP contribution < -0.4 is 15.4 Å². The number of nitrogens with one attached hydrogen (secondary N) is 2. The molecule has 0 aliphatic heterocycles. The molecule has 0 fully saturated rings. The highest BCUT2D eigenvalue weighted by molar-refractivity contribution is 5.79. The molecular formula is C20H30FN5O2. The molecule has 154 valence electrons. The highest BCUT2D eigenvalue weighted by atomic mass is 19.1. The predicted molar refractivity (Wildman–Crippen MR) is 107 cm³/mol. The van der Waals surface area contributed by atoms with Crippen LogP contribution in [0.25, 0.3) is 0 Å². The van der Waals surface area contributed by atoms with Gasteiger partial charge in [-0.2, -0.15) is 4.98 Å². The SMILES string of the molecule is CCNC(=NCC(C)Oc1ccccc1F)NCCCc1nc(C(C)C)no1. The Kier molecular flexibility index (Phi) is 8.71. The molecule has 0 spiro atoms. The molecule has 2 N–H and O–H groups in total. The van der Waals surface area contributed by atoms with E-state index in [9.17, 15) is 4.39 Å². The summed E-state index contributed by atoms with van der Waals surface area (Å²) < 4.78 is 24.5. The Hall–Kier alpha value is -2.64. The third-order valence-electron chi connectivity index (χ3n) is 3.88. The zero-order valence-corrected chi connectivity index (χ0v) is 17.0. The lowest BCUT2D eigenvalue weighted by Crippen LogP contribution is -2.38. The first-order valence-corrected chi connectivity index (χ1v) is 9.75. The Morgan fingerprint density at radius 1 is 1.25 bits per heavy atom. The molecule has 2 aromatic rings. The number of hydrogen-bond donors (Lipinski definition) is 2. The summed E-state index contributed by atoms with van der Waals surface area (Å²) in [5.74, 6) is 2.21. The van der Waals surface area contributed by atoms with Gasteiger partial charge in [0, 0.05) is 25.4 Å². The molecule has 7 nitrogen and oxygen atoms in total. The lowest BCUT2D eigenvalue weighted by atomic mass is 10.2. The van der Waals surface area contributed by atoms with Gasteiger partial charge in [-0.05, 0) is 32.4 Å². The summed E-state index contributed by atoms with van der Waals surface area (Å²) in [6.07, 6.45) is 1.30. The fourth-order valence-corrected chi connectivity index (χ4v) is 2.41. The number of hydrogen-bond acceptors (Lipinski definition) is 5. The van der Waals surface area contributed by atoms with E-state index in [1.165, 1.54) is 6.07 Å². The van der Waals surface area contributed by atoms with Crippen molar-refractivity contribution >= 4 is 5.96 Å². The lowest BCUT2D eigenvalue weighted by Gasteiger charge is -2.15. The smallest absolute Gasteiger partial charge is 0.226 e. The van der Waals surface area contributed by atoms with Crippen molar-refractivity contribution in [3.8, 4) is 5.75 Å². The number of aromatic nitrogens is 2. The van der Waals surface area contributed by atoms with Gasteiger partial charge in [-0.1, -0.05) is 31.1 Å². The van der Waals surface area contributed by atoms with Crippen LogP contribution in [0.3, 0.4) is 0 Å². The average molecular weight is 391 g/mol. The summed E-state index contributed by atoms with van der Waals surface area (Å²) >= 11 is 0. The number of nitrogens with zero attached hydrogens (tertiary/aromatic N) is 3. The zero-order valence-electron chi connectivity index (χ0n) is 17.0. The highest BCUT2D eigenvalue weighted by Gasteiger charge is 2.10. The largest absolute Gasteiger partial charge is 0.486 e. The second kappa shape index (κ2) is 11.3. The molecule has 0 bridgehead atoms. The van der Waals surface area contributed by atoms with Gasteiger partial charge >= 0.3 is 0 Å². The van der Waals surface area contributed by atoms with Gasteiger partial charge in [-0.15, -0.1) is 0 Å². The van der Waals surface area contributed by atoms with Crippen molar-refractivity contribution in [3.05, 3.63) is 41.8 Å². The van der Waals surface area contributed by atoms with Crippen molar-refractivity contribution in [2.45, 2.75) is 52.6 Å². The van der Waals surface area contributed by atoms with Gasteiger partial charge in [-0.25, -0.2) is 9.38 Å². The van der Waals surface area contributed by atoms with Crippen molar-refractivity contribution in [3.63, 3.8) is 0 Å². The van der Waals surface area contributed by atoms with Crippen LogP contribution >= 0.6 is 0 Å². The quantitative estimate of drug-likeness (QED) is 0.367. The van der Waals surface area contributed by atoms with Gasteiger partial charge in [0.2, 0.25) is 5.89 Å². The zero-order chi connectivity index (χ0) is 20.4. The van der Waals surface area contributed by atoms with Crippen LogP contribution in [0, 0.1) is 5.82 Å². The highest BCUT2D eigenvalue weighted by Crippen LogP contribution is 2.17. The van der Waals surface area contributed by atoms with Crippen LogP contribution in [-0.2, 0) is 6.42 Å². The van der Waals surface area contributed by atoms with E-state index in [4.69, 9.17) is 9.26 Å². The molecule has 0 radical (unpaired) electrons. The molecule has 0 aliphatic rings. The summed E-state index contributed by atoms with van der Waals surface area (Å²) in [7, 11) is 0. The number of halogens is 1.